The number of nitrogens with zero attached hydrogens (tertiary/aromatic N) is 2. The second-order valence-electron chi connectivity index (χ2n) is 5.64. The Morgan fingerprint density at radius 2 is 1.96 bits per heavy atom. The number of aliphatic imine (C=N–C) groups is 1. The van der Waals surface area contributed by atoms with Crippen molar-refractivity contribution >= 4 is 39.6 Å². The van der Waals surface area contributed by atoms with Gasteiger partial charge in [0.15, 0.2) is 5.70 Å². The number of methoxy groups -OCH3 is 1. The van der Waals surface area contributed by atoms with Crippen LogP contribution in [0.2, 0.25) is 0 Å². The second kappa shape index (κ2) is 7.11. The lowest BCUT2D eigenvalue weighted by Gasteiger charge is -2.14. The predicted octanol–water partition coefficient (Wildman–Crippen LogP) is 3.87. The molecule has 128 valence electrons. The van der Waals surface area contributed by atoms with Crippen molar-refractivity contribution in [3.05, 3.63) is 63.8 Å². The summed E-state index contributed by atoms with van der Waals surface area (Å²) in [6.45, 7) is 0. The van der Waals surface area contributed by atoms with E-state index in [0.717, 1.165) is 15.7 Å². The number of hydrogen-bond donors (Lipinski definition) is 0. The van der Waals surface area contributed by atoms with Crippen LogP contribution in [0.15, 0.2) is 57.6 Å². The molecule has 0 atom stereocenters. The minimum Gasteiger partial charge on any atom is -0.496 e. The number of ether oxygens (including phenoxy) is 2. The van der Waals surface area contributed by atoms with Crippen molar-refractivity contribution in [2.24, 2.45) is 4.99 Å². The van der Waals surface area contributed by atoms with E-state index in [1.54, 1.807) is 25.3 Å². The van der Waals surface area contributed by atoms with Crippen LogP contribution in [0.1, 0.15) is 11.1 Å². The van der Waals surface area contributed by atoms with Gasteiger partial charge in [-0.3, -0.25) is 0 Å². The number of esters is 1. The normalized spacial score (nSPS) is 15.1. The highest BCUT2D eigenvalue weighted by molar-refractivity contribution is 9.10. The number of hydrogen-bond acceptors (Lipinski definition) is 5. The Hall–Kier alpha value is -2.60. The number of anilines is 1. The van der Waals surface area contributed by atoms with E-state index in [1.165, 1.54) is 0 Å². The summed E-state index contributed by atoms with van der Waals surface area (Å²) < 4.78 is 11.5. The average molecular weight is 401 g/mol. The molecule has 0 aromatic heterocycles. The molecule has 6 heteroatoms. The highest BCUT2D eigenvalue weighted by atomic mass is 79.9. The number of cyclic esters (lactones) is 1. The van der Waals surface area contributed by atoms with Crippen molar-refractivity contribution in [3.63, 3.8) is 0 Å². The number of halogens is 1. The van der Waals surface area contributed by atoms with Gasteiger partial charge in [-0.25, -0.2) is 9.79 Å². The summed E-state index contributed by atoms with van der Waals surface area (Å²) in [5.74, 6) is 0.375. The lowest BCUT2D eigenvalue weighted by atomic mass is 10.1. The molecule has 0 N–H and O–H groups in total. The van der Waals surface area contributed by atoms with Gasteiger partial charge in [0, 0.05) is 18.6 Å². The fraction of sp³-hybridized carbons (Fsp3) is 0.158. The van der Waals surface area contributed by atoms with Gasteiger partial charge in [0.05, 0.1) is 18.4 Å². The van der Waals surface area contributed by atoms with Crippen LogP contribution in [0, 0.1) is 0 Å². The van der Waals surface area contributed by atoms with Crippen LogP contribution in [-0.4, -0.2) is 33.1 Å². The Labute approximate surface area is 154 Å². The number of para-hydroxylation sites is 1. The summed E-state index contributed by atoms with van der Waals surface area (Å²) in [5.41, 5.74) is 2.81. The van der Waals surface area contributed by atoms with E-state index in [0.29, 0.717) is 11.3 Å². The molecular weight excluding hydrogens is 384 g/mol. The molecule has 3 rings (SSSR count). The highest BCUT2D eigenvalue weighted by Gasteiger charge is 2.26. The molecule has 1 aliphatic rings. The van der Waals surface area contributed by atoms with Crippen molar-refractivity contribution < 1.29 is 14.3 Å². The third kappa shape index (κ3) is 3.58. The van der Waals surface area contributed by atoms with Crippen molar-refractivity contribution in [1.29, 1.82) is 0 Å². The van der Waals surface area contributed by atoms with Gasteiger partial charge >= 0.3 is 5.97 Å². The second-order valence-corrected chi connectivity index (χ2v) is 6.50. The van der Waals surface area contributed by atoms with Crippen LogP contribution < -0.4 is 9.64 Å². The zero-order chi connectivity index (χ0) is 18.0. The van der Waals surface area contributed by atoms with Crippen molar-refractivity contribution in [2.45, 2.75) is 0 Å². The van der Waals surface area contributed by atoms with E-state index in [4.69, 9.17) is 9.47 Å². The molecule has 1 aliphatic heterocycles. The summed E-state index contributed by atoms with van der Waals surface area (Å²) in [7, 11) is 5.50. The van der Waals surface area contributed by atoms with E-state index in [2.05, 4.69) is 20.9 Å². The Morgan fingerprint density at radius 1 is 1.20 bits per heavy atom. The summed E-state index contributed by atoms with van der Waals surface area (Å²) in [5, 5.41) is 0. The molecule has 2 aromatic carbocycles. The highest BCUT2D eigenvalue weighted by Crippen LogP contribution is 2.28. The number of rotatable bonds is 4. The zero-order valence-corrected chi connectivity index (χ0v) is 15.7. The van der Waals surface area contributed by atoms with Gasteiger partial charge in [-0.15, -0.1) is 0 Å². The van der Waals surface area contributed by atoms with Gasteiger partial charge in [0.2, 0.25) is 5.90 Å². The predicted molar refractivity (Wildman–Crippen MR) is 102 cm³/mol. The minimum absolute atomic E-state index is 0.248. The quantitative estimate of drug-likeness (QED) is 0.577. The van der Waals surface area contributed by atoms with Crippen LogP contribution in [0.25, 0.3) is 6.08 Å². The summed E-state index contributed by atoms with van der Waals surface area (Å²) in [6, 6.07) is 13.1. The van der Waals surface area contributed by atoms with Gasteiger partial charge in [-0.1, -0.05) is 18.2 Å². The number of carbonyl (C=O) groups excluding carboxylic acids is 1. The van der Waals surface area contributed by atoms with E-state index >= 15 is 0 Å². The number of benzene rings is 2. The maximum atomic E-state index is 12.2. The first-order valence-electron chi connectivity index (χ1n) is 7.62. The molecule has 1 heterocycles. The van der Waals surface area contributed by atoms with E-state index in [1.807, 2.05) is 49.3 Å². The zero-order valence-electron chi connectivity index (χ0n) is 14.1. The van der Waals surface area contributed by atoms with Crippen molar-refractivity contribution in [1.82, 2.24) is 0 Å². The molecule has 0 aliphatic carbocycles. The van der Waals surface area contributed by atoms with Crippen LogP contribution in [0.5, 0.6) is 5.75 Å². The molecule has 0 saturated carbocycles. The number of carbonyl (C=O) groups is 1. The summed E-state index contributed by atoms with van der Waals surface area (Å²) in [4.78, 5) is 18.5. The maximum Gasteiger partial charge on any atom is 0.363 e. The Balaban J connectivity index is 1.95. The largest absolute Gasteiger partial charge is 0.496 e. The third-order valence-electron chi connectivity index (χ3n) is 3.71. The van der Waals surface area contributed by atoms with Gasteiger partial charge in [0.1, 0.15) is 5.75 Å². The van der Waals surface area contributed by atoms with E-state index in [-0.39, 0.29) is 11.6 Å². The van der Waals surface area contributed by atoms with Gasteiger partial charge in [0.25, 0.3) is 0 Å². The molecule has 0 amide bonds. The van der Waals surface area contributed by atoms with Gasteiger partial charge in [-0.05, 0) is 51.8 Å². The molecular formula is C19H17BrN2O3. The first kappa shape index (κ1) is 17.2. The van der Waals surface area contributed by atoms with Crippen molar-refractivity contribution in [2.75, 3.05) is 26.1 Å². The first-order valence-corrected chi connectivity index (χ1v) is 8.41. The van der Waals surface area contributed by atoms with E-state index < -0.39 is 5.97 Å². The molecule has 25 heavy (non-hydrogen) atoms. The molecule has 0 spiro atoms. The average Bonchev–Trinajstić information content (AvgIpc) is 2.95. The van der Waals surface area contributed by atoms with Gasteiger partial charge < -0.3 is 14.4 Å². The monoisotopic (exact) mass is 400 g/mol. The lowest BCUT2D eigenvalue weighted by molar-refractivity contribution is -0.129. The molecule has 0 unspecified atom stereocenters. The fourth-order valence-electron chi connectivity index (χ4n) is 2.48. The Morgan fingerprint density at radius 3 is 2.64 bits per heavy atom. The Kier molecular flexibility index (Phi) is 4.90. The van der Waals surface area contributed by atoms with Crippen LogP contribution in [-0.2, 0) is 9.53 Å². The van der Waals surface area contributed by atoms with Crippen LogP contribution in [0.4, 0.5) is 5.69 Å². The molecule has 0 saturated heterocycles. The van der Waals surface area contributed by atoms with E-state index in [9.17, 15) is 4.79 Å². The minimum atomic E-state index is -0.478. The Bertz CT molecular complexity index is 888. The SMILES string of the molecule is COc1ccccc1C1=N/C(=C\c2ccc(N(C)C)c(Br)c2)C(=O)O1. The molecule has 2 aromatic rings. The third-order valence-corrected chi connectivity index (χ3v) is 4.35. The summed E-state index contributed by atoms with van der Waals surface area (Å²) >= 11 is 3.54. The first-order chi connectivity index (χ1) is 12.0. The van der Waals surface area contributed by atoms with Crippen LogP contribution >= 0.6 is 15.9 Å². The standard InChI is InChI=1S/C19H17BrN2O3/c1-22(2)16-9-8-12(10-14(16)20)11-15-19(23)25-18(21-15)13-6-4-5-7-17(13)24-3/h4-11H,1-3H3/b15-11-. The van der Waals surface area contributed by atoms with Gasteiger partial charge in [-0.2, -0.15) is 0 Å². The fourth-order valence-corrected chi connectivity index (χ4v) is 3.23. The molecule has 0 radical (unpaired) electrons. The van der Waals surface area contributed by atoms with Crippen LogP contribution in [0.3, 0.4) is 0 Å². The lowest BCUT2D eigenvalue weighted by Crippen LogP contribution is -2.09. The maximum absolute atomic E-state index is 12.2. The summed E-state index contributed by atoms with van der Waals surface area (Å²) in [6.07, 6.45) is 1.70. The smallest absolute Gasteiger partial charge is 0.363 e. The molecule has 0 bridgehead atoms. The topological polar surface area (TPSA) is 51.1 Å². The molecule has 0 fully saturated rings. The van der Waals surface area contributed by atoms with Crippen molar-refractivity contribution in [3.8, 4) is 5.75 Å². The molecule has 5 nitrogen and oxygen atoms in total.